The molecule has 13 nitrogen and oxygen atoms in total. The predicted molar refractivity (Wildman–Crippen MR) is 261 cm³/mol. The molecule has 0 radical (unpaired) electrons. The fourth-order valence-electron chi connectivity index (χ4n) is 8.42. The third-order valence-corrected chi connectivity index (χ3v) is 13.1. The van der Waals surface area contributed by atoms with Crippen LogP contribution in [0.15, 0.2) is 24.3 Å². The number of carbonyl (C=O) groups is 1. The van der Waals surface area contributed by atoms with Crippen molar-refractivity contribution in [1.29, 1.82) is 0 Å². The molecule has 1 saturated heterocycles. The lowest BCUT2D eigenvalue weighted by molar-refractivity contribution is -0.298. The molecule has 8 atom stereocenters. The van der Waals surface area contributed by atoms with Gasteiger partial charge >= 0.3 is 10.4 Å². The van der Waals surface area contributed by atoms with E-state index in [1.807, 2.05) is 0 Å². The molecule has 0 bridgehead atoms. The van der Waals surface area contributed by atoms with E-state index in [0.29, 0.717) is 12.8 Å². The van der Waals surface area contributed by atoms with E-state index in [-0.39, 0.29) is 6.42 Å². The molecule has 384 valence electrons. The van der Waals surface area contributed by atoms with E-state index in [0.717, 1.165) is 38.5 Å². The van der Waals surface area contributed by atoms with Crippen LogP contribution in [0.3, 0.4) is 0 Å². The third-order valence-electron chi connectivity index (χ3n) is 12.6. The second-order valence-corrected chi connectivity index (χ2v) is 19.7. The number of unbranched alkanes of at least 4 members (excludes halogenated alkanes) is 30. The van der Waals surface area contributed by atoms with Gasteiger partial charge in [-0.05, 0) is 32.1 Å². The Morgan fingerprint density at radius 2 is 1.03 bits per heavy atom. The summed E-state index contributed by atoms with van der Waals surface area (Å²) >= 11 is 0. The molecule has 1 heterocycles. The maximum atomic E-state index is 13.2. The van der Waals surface area contributed by atoms with E-state index in [1.165, 1.54) is 167 Å². The lowest BCUT2D eigenvalue weighted by Gasteiger charge is -2.41. The van der Waals surface area contributed by atoms with Gasteiger partial charge < -0.3 is 40.3 Å². The van der Waals surface area contributed by atoms with Crippen molar-refractivity contribution in [3.8, 4) is 0 Å². The van der Waals surface area contributed by atoms with Crippen molar-refractivity contribution in [3.63, 3.8) is 0 Å². The average Bonchev–Trinajstić information content (AvgIpc) is 3.28. The summed E-state index contributed by atoms with van der Waals surface area (Å²) in [6.45, 7) is 3.22. The summed E-state index contributed by atoms with van der Waals surface area (Å²) in [6, 6.07) is -1.13. The van der Waals surface area contributed by atoms with Crippen LogP contribution in [0, 0.1) is 0 Å². The van der Waals surface area contributed by atoms with Gasteiger partial charge in [0.2, 0.25) is 5.91 Å². The summed E-state index contributed by atoms with van der Waals surface area (Å²) < 4.78 is 47.6. The second kappa shape index (κ2) is 41.5. The normalized spacial score (nSPS) is 20.8. The Labute approximate surface area is 395 Å². The van der Waals surface area contributed by atoms with Crippen LogP contribution in [-0.2, 0) is 28.9 Å². The number of hydrogen-bond donors (Lipinski definition) is 7. The highest BCUT2D eigenvalue weighted by atomic mass is 32.3. The minimum absolute atomic E-state index is 0.241. The van der Waals surface area contributed by atoms with Crippen LogP contribution in [0.1, 0.15) is 232 Å². The van der Waals surface area contributed by atoms with Gasteiger partial charge in [-0.25, -0.2) is 4.18 Å². The summed E-state index contributed by atoms with van der Waals surface area (Å²) in [5.74, 6) is -0.709. The first kappa shape index (κ1) is 61.6. The molecule has 14 heteroatoms. The maximum Gasteiger partial charge on any atom is 0.397 e. The molecular formula is C51H97NO12S. The lowest BCUT2D eigenvalue weighted by atomic mass is 9.99. The fourth-order valence-corrected chi connectivity index (χ4v) is 8.93. The van der Waals surface area contributed by atoms with Crippen molar-refractivity contribution >= 4 is 16.3 Å². The molecule has 1 amide bonds. The van der Waals surface area contributed by atoms with E-state index in [2.05, 4.69) is 35.5 Å². The number of aliphatic hydroxyl groups excluding tert-OH is 5. The van der Waals surface area contributed by atoms with Gasteiger partial charge in [-0.3, -0.25) is 9.35 Å². The molecule has 65 heavy (non-hydrogen) atoms. The Morgan fingerprint density at radius 3 is 1.48 bits per heavy atom. The highest BCUT2D eigenvalue weighted by Gasteiger charge is 2.48. The topological polar surface area (TPSA) is 212 Å². The molecule has 0 aromatic heterocycles. The number of rotatable bonds is 45. The van der Waals surface area contributed by atoms with Gasteiger partial charge in [-0.2, -0.15) is 8.42 Å². The molecule has 1 rings (SSSR count). The maximum absolute atomic E-state index is 13.2. The molecule has 0 aliphatic carbocycles. The summed E-state index contributed by atoms with van der Waals surface area (Å²) in [7, 11) is -5.12. The number of nitrogens with one attached hydrogen (secondary N) is 1. The first-order chi connectivity index (χ1) is 31.4. The molecule has 0 aromatic carbocycles. The van der Waals surface area contributed by atoms with Crippen LogP contribution >= 0.6 is 0 Å². The minimum Gasteiger partial charge on any atom is -0.394 e. The Hall–Kier alpha value is -1.46. The number of carbonyl (C=O) groups excluding carboxylic acids is 1. The van der Waals surface area contributed by atoms with Crippen molar-refractivity contribution < 1.29 is 57.0 Å². The van der Waals surface area contributed by atoms with Gasteiger partial charge in [-0.15, -0.1) is 0 Å². The van der Waals surface area contributed by atoms with Crippen molar-refractivity contribution in [2.45, 2.75) is 281 Å². The van der Waals surface area contributed by atoms with Crippen LogP contribution < -0.4 is 5.32 Å². The molecule has 0 aromatic rings. The monoisotopic (exact) mass is 948 g/mol. The second-order valence-electron chi connectivity index (χ2n) is 18.6. The molecule has 1 fully saturated rings. The first-order valence-corrected chi connectivity index (χ1v) is 27.7. The third kappa shape index (κ3) is 33.6. The van der Waals surface area contributed by atoms with Gasteiger partial charge in [0, 0.05) is 0 Å². The summed E-state index contributed by atoms with van der Waals surface area (Å²) in [4.78, 5) is 13.2. The smallest absolute Gasteiger partial charge is 0.394 e. The van der Waals surface area contributed by atoms with Crippen LogP contribution in [0.25, 0.3) is 0 Å². The molecule has 1 aliphatic rings. The number of hydrogen-bond acceptors (Lipinski definition) is 11. The van der Waals surface area contributed by atoms with Crippen molar-refractivity contribution in [1.82, 2.24) is 5.32 Å². The number of ether oxygens (including phenoxy) is 2. The van der Waals surface area contributed by atoms with Crippen molar-refractivity contribution in [2.24, 2.45) is 0 Å². The van der Waals surface area contributed by atoms with Gasteiger partial charge in [0.15, 0.2) is 6.29 Å². The Bertz CT molecular complexity index is 1270. The summed E-state index contributed by atoms with van der Waals surface area (Å²) in [6.07, 6.45) is 36.9. The first-order valence-electron chi connectivity index (χ1n) is 26.3. The van der Waals surface area contributed by atoms with Crippen LogP contribution in [0.2, 0.25) is 0 Å². The largest absolute Gasteiger partial charge is 0.397 e. The zero-order valence-corrected chi connectivity index (χ0v) is 41.7. The molecule has 8 unspecified atom stereocenters. The molecule has 0 saturated carbocycles. The quantitative estimate of drug-likeness (QED) is 0.0173. The Morgan fingerprint density at radius 1 is 0.615 bits per heavy atom. The van der Waals surface area contributed by atoms with E-state index in [1.54, 1.807) is 6.08 Å². The van der Waals surface area contributed by atoms with Gasteiger partial charge in [-0.1, -0.05) is 224 Å². The van der Waals surface area contributed by atoms with Crippen molar-refractivity contribution in [2.75, 3.05) is 13.2 Å². The van der Waals surface area contributed by atoms with Crippen LogP contribution in [0.4, 0.5) is 0 Å². The van der Waals surface area contributed by atoms with Crippen molar-refractivity contribution in [3.05, 3.63) is 24.3 Å². The van der Waals surface area contributed by atoms with E-state index < -0.39 is 78.5 Å². The molecule has 7 N–H and O–H groups in total. The van der Waals surface area contributed by atoms with E-state index >= 15 is 0 Å². The lowest BCUT2D eigenvalue weighted by Crippen LogP contribution is -2.61. The summed E-state index contributed by atoms with van der Waals surface area (Å²) in [5, 5.41) is 55.3. The standard InChI is InChI=1S/C51H97NO12S/c1-3-5-7-9-11-13-15-17-19-20-21-22-23-24-25-26-28-30-32-34-36-38-40-45(55)50(58)52-43(42-62-51-48(57)49(64-65(59,60)61)47(56)46(41-53)63-51)44(54)39-37-35-33-31-29-27-18-16-14-12-10-8-6-4-2/h29,31,37,39,43-49,51,53-57H,3-28,30,32-36,38,40-42H2,1-2H3,(H,52,58)(H,59,60,61)/b31-29+,39-37+. The van der Waals surface area contributed by atoms with Crippen LogP contribution in [0.5, 0.6) is 0 Å². The molecule has 0 spiro atoms. The van der Waals surface area contributed by atoms with Gasteiger partial charge in [0.05, 0.1) is 25.4 Å². The average molecular weight is 948 g/mol. The van der Waals surface area contributed by atoms with Gasteiger partial charge in [0.25, 0.3) is 0 Å². The molecule has 1 aliphatic heterocycles. The van der Waals surface area contributed by atoms with Gasteiger partial charge in [0.1, 0.15) is 30.5 Å². The predicted octanol–water partition coefficient (Wildman–Crippen LogP) is 10.3. The minimum atomic E-state index is -5.12. The number of aliphatic hydroxyl groups is 5. The zero-order valence-electron chi connectivity index (χ0n) is 40.9. The fraction of sp³-hybridized carbons (Fsp3) is 0.902. The van der Waals surface area contributed by atoms with Crippen LogP contribution in [-0.4, -0.2) is 107 Å². The van der Waals surface area contributed by atoms with E-state index in [9.17, 15) is 43.3 Å². The zero-order chi connectivity index (χ0) is 47.8. The SMILES string of the molecule is CCCCCCCCCC/C=C/CC/C=C/C(O)C(COC1OC(CO)C(O)C(OS(=O)(=O)O)C1O)NC(=O)C(O)CCCCCCCCCCCCCCCCCCCCCCCC. The number of allylic oxidation sites excluding steroid dienone is 3. The highest BCUT2D eigenvalue weighted by Crippen LogP contribution is 2.26. The highest BCUT2D eigenvalue weighted by molar-refractivity contribution is 7.80. The molecular weight excluding hydrogens is 851 g/mol. The number of amides is 1. The Kier molecular flexibility index (Phi) is 39.3. The summed E-state index contributed by atoms with van der Waals surface area (Å²) in [5.41, 5.74) is 0. The Balaban J connectivity index is 2.46. The van der Waals surface area contributed by atoms with E-state index in [4.69, 9.17) is 9.47 Å².